The highest BCUT2D eigenvalue weighted by Gasteiger charge is 2.11. The van der Waals surface area contributed by atoms with E-state index in [0.29, 0.717) is 22.4 Å². The molecule has 0 unspecified atom stereocenters. The SMILES string of the molecule is O=C(NCc1nnc(-c2ccccc2)o1)c1cc(Cl)cc(Br)c1. The summed E-state index contributed by atoms with van der Waals surface area (Å²) in [5.74, 6) is 0.478. The molecular weight excluding hydrogens is 382 g/mol. The van der Waals surface area contributed by atoms with Gasteiger partial charge in [0.15, 0.2) is 0 Å². The predicted molar refractivity (Wildman–Crippen MR) is 90.1 cm³/mol. The van der Waals surface area contributed by atoms with Crippen LogP contribution in [0.2, 0.25) is 5.02 Å². The molecule has 0 bridgehead atoms. The van der Waals surface area contributed by atoms with Crippen LogP contribution in [0.1, 0.15) is 16.2 Å². The van der Waals surface area contributed by atoms with Crippen molar-refractivity contribution in [2.75, 3.05) is 0 Å². The van der Waals surface area contributed by atoms with Gasteiger partial charge in [-0.2, -0.15) is 0 Å². The molecule has 0 radical (unpaired) electrons. The van der Waals surface area contributed by atoms with Gasteiger partial charge in [0.25, 0.3) is 5.91 Å². The number of amides is 1. The second-order valence-electron chi connectivity index (χ2n) is 4.71. The summed E-state index contributed by atoms with van der Waals surface area (Å²) < 4.78 is 6.27. The molecule has 7 heteroatoms. The third kappa shape index (κ3) is 3.97. The number of hydrogen-bond acceptors (Lipinski definition) is 4. The molecule has 5 nitrogen and oxygen atoms in total. The van der Waals surface area contributed by atoms with Crippen LogP contribution >= 0.6 is 27.5 Å². The zero-order valence-corrected chi connectivity index (χ0v) is 14.1. The molecule has 1 aromatic heterocycles. The van der Waals surface area contributed by atoms with E-state index >= 15 is 0 Å². The monoisotopic (exact) mass is 391 g/mol. The van der Waals surface area contributed by atoms with Crippen molar-refractivity contribution < 1.29 is 9.21 Å². The lowest BCUT2D eigenvalue weighted by molar-refractivity contribution is 0.0947. The van der Waals surface area contributed by atoms with Gasteiger partial charge in [0.2, 0.25) is 11.8 Å². The van der Waals surface area contributed by atoms with Crippen LogP contribution < -0.4 is 5.32 Å². The molecule has 0 aliphatic rings. The number of hydrogen-bond donors (Lipinski definition) is 1. The van der Waals surface area contributed by atoms with Gasteiger partial charge in [-0.1, -0.05) is 45.7 Å². The van der Waals surface area contributed by atoms with Crippen LogP contribution in [-0.4, -0.2) is 16.1 Å². The van der Waals surface area contributed by atoms with E-state index in [0.717, 1.165) is 10.0 Å². The van der Waals surface area contributed by atoms with E-state index in [1.165, 1.54) is 0 Å². The van der Waals surface area contributed by atoms with Crippen molar-refractivity contribution >= 4 is 33.4 Å². The molecule has 3 rings (SSSR count). The van der Waals surface area contributed by atoms with Crippen LogP contribution in [-0.2, 0) is 6.54 Å². The van der Waals surface area contributed by atoms with Gasteiger partial charge in [0, 0.05) is 20.6 Å². The minimum atomic E-state index is -0.271. The molecule has 1 amide bonds. The van der Waals surface area contributed by atoms with E-state index in [1.54, 1.807) is 18.2 Å². The maximum absolute atomic E-state index is 12.1. The van der Waals surface area contributed by atoms with E-state index in [1.807, 2.05) is 30.3 Å². The van der Waals surface area contributed by atoms with Crippen LogP contribution in [0.3, 0.4) is 0 Å². The fourth-order valence-electron chi connectivity index (χ4n) is 1.97. The van der Waals surface area contributed by atoms with Gasteiger partial charge in [-0.15, -0.1) is 10.2 Å². The number of nitrogens with one attached hydrogen (secondary N) is 1. The molecule has 2 aromatic carbocycles. The number of carbonyl (C=O) groups excluding carboxylic acids is 1. The first-order chi connectivity index (χ1) is 11.1. The third-order valence-electron chi connectivity index (χ3n) is 3.01. The van der Waals surface area contributed by atoms with E-state index < -0.39 is 0 Å². The van der Waals surface area contributed by atoms with Gasteiger partial charge in [-0.3, -0.25) is 4.79 Å². The summed E-state index contributed by atoms with van der Waals surface area (Å²) in [7, 11) is 0. The Morgan fingerprint density at radius 1 is 1.17 bits per heavy atom. The number of nitrogens with zero attached hydrogens (tertiary/aromatic N) is 2. The lowest BCUT2D eigenvalue weighted by Gasteiger charge is -2.04. The number of halogens is 2. The van der Waals surface area contributed by atoms with Crippen molar-refractivity contribution in [2.24, 2.45) is 0 Å². The van der Waals surface area contributed by atoms with Crippen LogP contribution in [0.4, 0.5) is 0 Å². The van der Waals surface area contributed by atoms with Crippen molar-refractivity contribution in [3.05, 3.63) is 69.5 Å². The van der Waals surface area contributed by atoms with Gasteiger partial charge in [-0.05, 0) is 30.3 Å². The molecule has 0 aliphatic carbocycles. The topological polar surface area (TPSA) is 68.0 Å². The smallest absolute Gasteiger partial charge is 0.251 e. The van der Waals surface area contributed by atoms with Gasteiger partial charge in [-0.25, -0.2) is 0 Å². The molecule has 0 saturated heterocycles. The Balaban J connectivity index is 1.67. The van der Waals surface area contributed by atoms with E-state index in [2.05, 4.69) is 31.4 Å². The highest BCUT2D eigenvalue weighted by atomic mass is 79.9. The Kier molecular flexibility index (Phi) is 4.73. The van der Waals surface area contributed by atoms with Crippen molar-refractivity contribution in [1.29, 1.82) is 0 Å². The Hall–Kier alpha value is -2.18. The molecule has 1 heterocycles. The second kappa shape index (κ2) is 6.93. The van der Waals surface area contributed by atoms with Crippen LogP contribution in [0.15, 0.2) is 57.4 Å². The fraction of sp³-hybridized carbons (Fsp3) is 0.0625. The van der Waals surface area contributed by atoms with Crippen molar-refractivity contribution in [3.63, 3.8) is 0 Å². The Bertz CT molecular complexity index is 816. The van der Waals surface area contributed by atoms with E-state index in [-0.39, 0.29) is 12.5 Å². The zero-order chi connectivity index (χ0) is 16.2. The van der Waals surface area contributed by atoms with Crippen LogP contribution in [0.25, 0.3) is 11.5 Å². The summed E-state index contributed by atoms with van der Waals surface area (Å²) in [6.07, 6.45) is 0. The molecule has 0 spiro atoms. The number of benzene rings is 2. The highest BCUT2D eigenvalue weighted by molar-refractivity contribution is 9.10. The minimum Gasteiger partial charge on any atom is -0.419 e. The van der Waals surface area contributed by atoms with Gasteiger partial charge < -0.3 is 9.73 Å². The Labute approximate surface area is 145 Å². The standard InChI is InChI=1S/C16H11BrClN3O2/c17-12-6-11(7-13(18)8-12)15(22)19-9-14-20-21-16(23-14)10-4-2-1-3-5-10/h1-8H,9H2,(H,19,22). The summed E-state index contributed by atoms with van der Waals surface area (Å²) in [6.45, 7) is 0.142. The number of rotatable bonds is 4. The molecule has 0 saturated carbocycles. The van der Waals surface area contributed by atoms with E-state index in [4.69, 9.17) is 16.0 Å². The normalized spacial score (nSPS) is 10.5. The van der Waals surface area contributed by atoms with Gasteiger partial charge in [0.1, 0.15) is 0 Å². The van der Waals surface area contributed by atoms with Gasteiger partial charge >= 0.3 is 0 Å². The van der Waals surface area contributed by atoms with E-state index in [9.17, 15) is 4.79 Å². The Morgan fingerprint density at radius 2 is 1.96 bits per heavy atom. The lowest BCUT2D eigenvalue weighted by atomic mass is 10.2. The molecule has 1 N–H and O–H groups in total. The number of aromatic nitrogens is 2. The first-order valence-corrected chi connectivity index (χ1v) is 7.91. The predicted octanol–water partition coefficient (Wildman–Crippen LogP) is 4.08. The maximum atomic E-state index is 12.1. The van der Waals surface area contributed by atoms with Crippen molar-refractivity contribution in [2.45, 2.75) is 6.54 Å². The average Bonchev–Trinajstić information content (AvgIpc) is 3.01. The quantitative estimate of drug-likeness (QED) is 0.726. The summed E-state index contributed by atoms with van der Waals surface area (Å²) >= 11 is 9.23. The van der Waals surface area contributed by atoms with Crippen molar-refractivity contribution in [1.82, 2.24) is 15.5 Å². The first-order valence-electron chi connectivity index (χ1n) is 6.74. The number of carbonyl (C=O) groups is 1. The summed E-state index contributed by atoms with van der Waals surface area (Å²) in [5, 5.41) is 11.1. The summed E-state index contributed by atoms with van der Waals surface area (Å²) in [5.41, 5.74) is 1.28. The zero-order valence-electron chi connectivity index (χ0n) is 11.8. The summed E-state index contributed by atoms with van der Waals surface area (Å²) in [6, 6.07) is 14.4. The largest absolute Gasteiger partial charge is 0.419 e. The van der Waals surface area contributed by atoms with Crippen LogP contribution in [0, 0.1) is 0 Å². The molecule has 116 valence electrons. The summed E-state index contributed by atoms with van der Waals surface area (Å²) in [4.78, 5) is 12.1. The van der Waals surface area contributed by atoms with Crippen molar-refractivity contribution in [3.8, 4) is 11.5 Å². The fourth-order valence-corrected chi connectivity index (χ4v) is 2.83. The maximum Gasteiger partial charge on any atom is 0.251 e. The molecule has 0 fully saturated rings. The molecular formula is C16H11BrClN3O2. The second-order valence-corrected chi connectivity index (χ2v) is 6.06. The Morgan fingerprint density at radius 3 is 2.70 bits per heavy atom. The van der Waals surface area contributed by atoms with Crippen LogP contribution in [0.5, 0.6) is 0 Å². The minimum absolute atomic E-state index is 0.142. The third-order valence-corrected chi connectivity index (χ3v) is 3.69. The molecule has 3 aromatic rings. The average molecular weight is 393 g/mol. The first kappa shape index (κ1) is 15.7. The molecule has 23 heavy (non-hydrogen) atoms. The highest BCUT2D eigenvalue weighted by Crippen LogP contribution is 2.20. The lowest BCUT2D eigenvalue weighted by Crippen LogP contribution is -2.23. The van der Waals surface area contributed by atoms with Gasteiger partial charge in [0.05, 0.1) is 6.54 Å². The molecule has 0 aliphatic heterocycles. The molecule has 0 atom stereocenters.